The highest BCUT2D eigenvalue weighted by atomic mass is 19.4. The molecule has 2 aromatic carbocycles. The van der Waals surface area contributed by atoms with Gasteiger partial charge in [-0.05, 0) is 50.2 Å². The van der Waals surface area contributed by atoms with Crippen molar-refractivity contribution in [2.45, 2.75) is 25.1 Å². The molecule has 0 bridgehead atoms. The Balaban J connectivity index is 1.32. The minimum Gasteiger partial charge on any atom is -0.490 e. The van der Waals surface area contributed by atoms with Crippen LogP contribution in [-0.2, 0) is 6.18 Å². The number of benzene rings is 2. The number of aromatic amines is 1. The largest absolute Gasteiger partial charge is 0.490 e. The second-order valence-corrected chi connectivity index (χ2v) is 9.69. The van der Waals surface area contributed by atoms with Gasteiger partial charge in [0, 0.05) is 60.8 Å². The molecule has 1 aliphatic rings. The normalized spacial score (nSPS) is 14.9. The lowest BCUT2D eigenvalue weighted by atomic mass is 10.1. The van der Waals surface area contributed by atoms with E-state index in [1.54, 1.807) is 31.0 Å². The highest BCUT2D eigenvalue weighted by molar-refractivity contribution is 5.81. The van der Waals surface area contributed by atoms with Crippen LogP contribution >= 0.6 is 0 Å². The molecule has 6 rings (SSSR count). The zero-order valence-corrected chi connectivity index (χ0v) is 21.5. The number of piperidine rings is 1. The first-order chi connectivity index (χ1) is 19.3. The smallest absolute Gasteiger partial charge is 0.416 e. The second-order valence-electron chi connectivity index (χ2n) is 9.69. The Labute approximate surface area is 227 Å². The van der Waals surface area contributed by atoms with E-state index in [2.05, 4.69) is 47.2 Å². The standard InChI is InChI=1S/C28H25F3N8O/c1-39-8-4-21(5-9-39)40-22-11-17(26-37-23-3-2-19(28(29,30)31)12-24(23)38-26)10-20(13-22)36-27-34-14-18(15-35-27)25-16-32-6-7-33-25/h2-3,6-7,10-16,21H,4-5,8-9H2,1H3,(H,37,38)(H,34,35,36). The summed E-state index contributed by atoms with van der Waals surface area (Å²) in [6.07, 6.45) is 5.51. The zero-order valence-electron chi connectivity index (χ0n) is 21.5. The lowest BCUT2D eigenvalue weighted by Gasteiger charge is -2.29. The van der Waals surface area contributed by atoms with Crippen molar-refractivity contribution in [3.8, 4) is 28.4 Å². The number of nitrogens with one attached hydrogen (secondary N) is 2. The number of halogens is 3. The number of fused-ring (bicyclic) bond motifs is 1. The Kier molecular flexibility index (Phi) is 6.76. The number of aromatic nitrogens is 6. The van der Waals surface area contributed by atoms with Crippen LogP contribution in [0.1, 0.15) is 18.4 Å². The lowest BCUT2D eigenvalue weighted by molar-refractivity contribution is -0.137. The molecule has 0 amide bonds. The molecule has 0 unspecified atom stereocenters. The number of alkyl halides is 3. The van der Waals surface area contributed by atoms with E-state index in [1.165, 1.54) is 6.07 Å². The molecule has 3 aromatic heterocycles. The number of rotatable bonds is 6. The monoisotopic (exact) mass is 546 g/mol. The minimum atomic E-state index is -4.44. The average molecular weight is 547 g/mol. The van der Waals surface area contributed by atoms with Crippen LogP contribution in [0.5, 0.6) is 5.75 Å². The van der Waals surface area contributed by atoms with E-state index in [1.807, 2.05) is 18.2 Å². The van der Waals surface area contributed by atoms with Crippen molar-refractivity contribution in [1.82, 2.24) is 34.8 Å². The van der Waals surface area contributed by atoms with E-state index in [0.29, 0.717) is 45.5 Å². The van der Waals surface area contributed by atoms with Crippen molar-refractivity contribution in [2.75, 3.05) is 25.5 Å². The number of nitrogens with zero attached hydrogens (tertiary/aromatic N) is 6. The molecule has 40 heavy (non-hydrogen) atoms. The summed E-state index contributed by atoms with van der Waals surface area (Å²) in [6, 6.07) is 8.97. The Hall–Kier alpha value is -4.58. The number of H-pyrrole nitrogens is 1. The van der Waals surface area contributed by atoms with E-state index in [4.69, 9.17) is 4.74 Å². The molecule has 12 heteroatoms. The van der Waals surface area contributed by atoms with E-state index >= 15 is 0 Å². The lowest BCUT2D eigenvalue weighted by Crippen LogP contribution is -2.35. The Morgan fingerprint density at radius 3 is 2.48 bits per heavy atom. The molecule has 5 aromatic rings. The Morgan fingerprint density at radius 1 is 0.950 bits per heavy atom. The van der Waals surface area contributed by atoms with Gasteiger partial charge in [-0.3, -0.25) is 9.97 Å². The van der Waals surface area contributed by atoms with Crippen LogP contribution in [0.3, 0.4) is 0 Å². The SMILES string of the molecule is CN1CCC(Oc2cc(Nc3ncc(-c4cnccn4)cn3)cc(-c3nc4ccc(C(F)(F)F)cc4[nH]3)c2)CC1. The molecule has 1 aliphatic heterocycles. The average Bonchev–Trinajstić information content (AvgIpc) is 3.39. The highest BCUT2D eigenvalue weighted by Gasteiger charge is 2.30. The zero-order chi connectivity index (χ0) is 27.7. The summed E-state index contributed by atoms with van der Waals surface area (Å²) in [7, 11) is 2.08. The Bertz CT molecular complexity index is 1620. The fourth-order valence-electron chi connectivity index (χ4n) is 4.60. The molecule has 0 saturated carbocycles. The van der Waals surface area contributed by atoms with Gasteiger partial charge in [0.25, 0.3) is 0 Å². The van der Waals surface area contributed by atoms with Crippen molar-refractivity contribution < 1.29 is 17.9 Å². The maximum Gasteiger partial charge on any atom is 0.416 e. The summed E-state index contributed by atoms with van der Waals surface area (Å²) in [4.78, 5) is 27.0. The first kappa shape index (κ1) is 25.7. The number of likely N-dealkylation sites (tertiary alicyclic amines) is 1. The molecular formula is C28H25F3N8O. The van der Waals surface area contributed by atoms with Gasteiger partial charge in [0.2, 0.25) is 5.95 Å². The second kappa shape index (κ2) is 10.5. The fourth-order valence-corrected chi connectivity index (χ4v) is 4.60. The fraction of sp³-hybridized carbons (Fsp3) is 0.250. The predicted molar refractivity (Wildman–Crippen MR) is 144 cm³/mol. The van der Waals surface area contributed by atoms with Crippen LogP contribution < -0.4 is 10.1 Å². The summed E-state index contributed by atoms with van der Waals surface area (Å²) in [6.45, 7) is 1.87. The molecule has 0 spiro atoms. The molecule has 4 heterocycles. The molecule has 9 nitrogen and oxygen atoms in total. The van der Waals surface area contributed by atoms with Gasteiger partial charge in [0.05, 0.1) is 28.5 Å². The van der Waals surface area contributed by atoms with Crippen molar-refractivity contribution in [3.05, 3.63) is 72.9 Å². The van der Waals surface area contributed by atoms with Crippen LogP contribution in [0.15, 0.2) is 67.4 Å². The molecule has 204 valence electrons. The number of hydrogen-bond donors (Lipinski definition) is 2. The van der Waals surface area contributed by atoms with Crippen LogP contribution in [0.25, 0.3) is 33.7 Å². The van der Waals surface area contributed by atoms with Crippen LogP contribution in [-0.4, -0.2) is 61.0 Å². The van der Waals surface area contributed by atoms with Crippen LogP contribution in [0.4, 0.5) is 24.8 Å². The maximum absolute atomic E-state index is 13.2. The topological polar surface area (TPSA) is 105 Å². The van der Waals surface area contributed by atoms with E-state index in [9.17, 15) is 13.2 Å². The molecule has 0 radical (unpaired) electrons. The summed E-state index contributed by atoms with van der Waals surface area (Å²) < 4.78 is 46.1. The van der Waals surface area contributed by atoms with Crippen molar-refractivity contribution >= 4 is 22.7 Å². The quantitative estimate of drug-likeness (QED) is 0.279. The van der Waals surface area contributed by atoms with Gasteiger partial charge in [-0.1, -0.05) is 0 Å². The Morgan fingerprint density at radius 2 is 1.75 bits per heavy atom. The molecule has 2 N–H and O–H groups in total. The molecule has 0 aliphatic carbocycles. The third-order valence-electron chi connectivity index (χ3n) is 6.72. The summed E-state index contributed by atoms with van der Waals surface area (Å²) >= 11 is 0. The first-order valence-corrected chi connectivity index (χ1v) is 12.7. The third-order valence-corrected chi connectivity index (χ3v) is 6.72. The summed E-state index contributed by atoms with van der Waals surface area (Å²) in [5.74, 6) is 1.39. The van der Waals surface area contributed by atoms with Gasteiger partial charge in [-0.2, -0.15) is 13.2 Å². The molecule has 0 atom stereocenters. The number of imidazole rings is 1. The summed E-state index contributed by atoms with van der Waals surface area (Å²) in [5, 5.41) is 3.20. The molecule has 1 fully saturated rings. The van der Waals surface area contributed by atoms with Crippen molar-refractivity contribution in [2.24, 2.45) is 0 Å². The van der Waals surface area contributed by atoms with Gasteiger partial charge < -0.3 is 19.9 Å². The first-order valence-electron chi connectivity index (χ1n) is 12.7. The van der Waals surface area contributed by atoms with Gasteiger partial charge in [-0.25, -0.2) is 15.0 Å². The molecule has 1 saturated heterocycles. The van der Waals surface area contributed by atoms with Crippen molar-refractivity contribution in [3.63, 3.8) is 0 Å². The highest BCUT2D eigenvalue weighted by Crippen LogP contribution is 2.34. The maximum atomic E-state index is 13.2. The molecular weight excluding hydrogens is 521 g/mol. The van der Waals surface area contributed by atoms with Gasteiger partial charge in [0.1, 0.15) is 17.7 Å². The third kappa shape index (κ3) is 5.71. The van der Waals surface area contributed by atoms with Gasteiger partial charge >= 0.3 is 6.18 Å². The van der Waals surface area contributed by atoms with Gasteiger partial charge in [-0.15, -0.1) is 0 Å². The van der Waals surface area contributed by atoms with Crippen LogP contribution in [0, 0.1) is 0 Å². The van der Waals surface area contributed by atoms with E-state index in [0.717, 1.165) is 43.6 Å². The van der Waals surface area contributed by atoms with Gasteiger partial charge in [0.15, 0.2) is 0 Å². The minimum absolute atomic E-state index is 0.0480. The number of hydrogen-bond acceptors (Lipinski definition) is 8. The summed E-state index contributed by atoms with van der Waals surface area (Å²) in [5.41, 5.74) is 2.66. The predicted octanol–water partition coefficient (Wildman–Crippen LogP) is 5.71. The van der Waals surface area contributed by atoms with E-state index < -0.39 is 11.7 Å². The van der Waals surface area contributed by atoms with Crippen LogP contribution in [0.2, 0.25) is 0 Å². The van der Waals surface area contributed by atoms with E-state index in [-0.39, 0.29) is 6.10 Å². The number of ether oxygens (including phenoxy) is 1. The number of anilines is 2. The van der Waals surface area contributed by atoms with Crippen molar-refractivity contribution in [1.29, 1.82) is 0 Å².